The molecular weight excluding hydrogens is 201 g/mol. The molecule has 0 unspecified atom stereocenters. The molecule has 0 spiro atoms. The fourth-order valence-corrected chi connectivity index (χ4v) is 0.889. The summed E-state index contributed by atoms with van der Waals surface area (Å²) in [5, 5.41) is 10.3. The molecule has 76 valence electrons. The summed E-state index contributed by atoms with van der Waals surface area (Å²) in [6, 6.07) is 0.436. The number of pyridine rings is 1. The number of aryl methyl sites for hydroxylation is 1. The fourth-order valence-electron chi connectivity index (χ4n) is 0.889. The Hall–Kier alpha value is -1.66. The van der Waals surface area contributed by atoms with Crippen molar-refractivity contribution in [3.05, 3.63) is 33.3 Å². The lowest BCUT2D eigenvalue weighted by atomic mass is 10.2. The van der Waals surface area contributed by atoms with Crippen molar-refractivity contribution in [1.82, 2.24) is 4.98 Å². The number of nitrogens with zero attached hydrogens (tertiary/aromatic N) is 2. The van der Waals surface area contributed by atoms with Crippen LogP contribution in [-0.4, -0.2) is 9.91 Å². The van der Waals surface area contributed by atoms with Crippen LogP contribution in [0.4, 0.5) is 19.0 Å². The maximum Gasteiger partial charge on any atom is 0.372 e. The third-order valence-corrected chi connectivity index (χ3v) is 1.57. The van der Waals surface area contributed by atoms with Crippen LogP contribution in [0.3, 0.4) is 0 Å². The molecule has 0 fully saturated rings. The van der Waals surface area contributed by atoms with Crippen LogP contribution in [0.5, 0.6) is 0 Å². The standard InChI is InChI=1S/C7H5F3N2O2/c1-3-5(8)2-4(6(9)10)7(11-3)12(13)14/h2,6H,1H3. The fraction of sp³-hybridized carbons (Fsp3) is 0.286. The van der Waals surface area contributed by atoms with Crippen molar-refractivity contribution in [3.8, 4) is 0 Å². The summed E-state index contributed by atoms with van der Waals surface area (Å²) in [7, 11) is 0. The summed E-state index contributed by atoms with van der Waals surface area (Å²) in [6.07, 6.45) is -3.11. The van der Waals surface area contributed by atoms with Gasteiger partial charge in [-0.15, -0.1) is 0 Å². The summed E-state index contributed by atoms with van der Waals surface area (Å²) >= 11 is 0. The second-order valence-electron chi connectivity index (χ2n) is 2.53. The van der Waals surface area contributed by atoms with Crippen molar-refractivity contribution in [3.63, 3.8) is 0 Å². The molecule has 0 aliphatic carbocycles. The Morgan fingerprint density at radius 1 is 1.57 bits per heavy atom. The van der Waals surface area contributed by atoms with Crippen molar-refractivity contribution in [2.75, 3.05) is 0 Å². The van der Waals surface area contributed by atoms with Crippen molar-refractivity contribution in [2.45, 2.75) is 13.3 Å². The van der Waals surface area contributed by atoms with E-state index < -0.39 is 28.5 Å². The minimum atomic E-state index is -3.11. The zero-order valence-electron chi connectivity index (χ0n) is 7.00. The first-order valence-electron chi connectivity index (χ1n) is 3.53. The average Bonchev–Trinajstić information content (AvgIpc) is 2.08. The summed E-state index contributed by atoms with van der Waals surface area (Å²) in [6.45, 7) is 1.16. The Labute approximate surface area is 76.5 Å². The molecule has 1 rings (SSSR count). The van der Waals surface area contributed by atoms with Crippen LogP contribution < -0.4 is 0 Å². The first-order chi connectivity index (χ1) is 6.43. The van der Waals surface area contributed by atoms with Crippen LogP contribution in [0, 0.1) is 22.9 Å². The van der Waals surface area contributed by atoms with Gasteiger partial charge in [0.25, 0.3) is 6.43 Å². The van der Waals surface area contributed by atoms with Gasteiger partial charge in [-0.25, -0.2) is 13.2 Å². The number of rotatable bonds is 2. The number of aromatic nitrogens is 1. The van der Waals surface area contributed by atoms with Gasteiger partial charge in [0.15, 0.2) is 11.5 Å². The molecule has 0 bridgehead atoms. The van der Waals surface area contributed by atoms with Crippen LogP contribution in [-0.2, 0) is 0 Å². The Bertz CT molecular complexity index is 381. The molecule has 0 amide bonds. The lowest BCUT2D eigenvalue weighted by Crippen LogP contribution is -2.02. The molecule has 0 saturated carbocycles. The molecule has 0 atom stereocenters. The lowest BCUT2D eigenvalue weighted by Gasteiger charge is -2.01. The zero-order chi connectivity index (χ0) is 10.9. The summed E-state index contributed by atoms with van der Waals surface area (Å²) in [5.74, 6) is -1.98. The second-order valence-corrected chi connectivity index (χ2v) is 2.53. The van der Waals surface area contributed by atoms with Crippen LogP contribution >= 0.6 is 0 Å². The van der Waals surface area contributed by atoms with Crippen molar-refractivity contribution < 1.29 is 18.1 Å². The van der Waals surface area contributed by atoms with E-state index in [0.29, 0.717) is 6.07 Å². The molecular formula is C7H5F3N2O2. The van der Waals surface area contributed by atoms with E-state index in [0.717, 1.165) is 6.92 Å². The van der Waals surface area contributed by atoms with Gasteiger partial charge in [-0.3, -0.25) is 0 Å². The highest BCUT2D eigenvalue weighted by molar-refractivity contribution is 5.35. The maximum atomic E-state index is 12.8. The highest BCUT2D eigenvalue weighted by atomic mass is 19.3. The van der Waals surface area contributed by atoms with Gasteiger partial charge in [-0.05, 0) is 16.0 Å². The Balaban J connectivity index is 3.39. The van der Waals surface area contributed by atoms with Crippen LogP contribution in [0.15, 0.2) is 6.07 Å². The molecule has 14 heavy (non-hydrogen) atoms. The van der Waals surface area contributed by atoms with Gasteiger partial charge in [0.05, 0.1) is 0 Å². The zero-order valence-corrected chi connectivity index (χ0v) is 7.00. The molecule has 7 heteroatoms. The van der Waals surface area contributed by atoms with Crippen LogP contribution in [0.2, 0.25) is 0 Å². The lowest BCUT2D eigenvalue weighted by molar-refractivity contribution is -0.391. The second kappa shape index (κ2) is 3.60. The van der Waals surface area contributed by atoms with E-state index in [1.165, 1.54) is 0 Å². The van der Waals surface area contributed by atoms with E-state index in [1.54, 1.807) is 0 Å². The van der Waals surface area contributed by atoms with Gasteiger partial charge >= 0.3 is 5.82 Å². The van der Waals surface area contributed by atoms with Gasteiger partial charge < -0.3 is 10.1 Å². The van der Waals surface area contributed by atoms with Crippen LogP contribution in [0.1, 0.15) is 17.7 Å². The molecule has 0 saturated heterocycles. The molecule has 0 aliphatic rings. The number of nitro groups is 1. The molecule has 0 aliphatic heterocycles. The molecule has 0 radical (unpaired) electrons. The van der Waals surface area contributed by atoms with Gasteiger partial charge in [0.2, 0.25) is 0 Å². The van der Waals surface area contributed by atoms with E-state index >= 15 is 0 Å². The Kier molecular flexibility index (Phi) is 2.68. The first-order valence-corrected chi connectivity index (χ1v) is 3.53. The van der Waals surface area contributed by atoms with Gasteiger partial charge in [-0.1, -0.05) is 0 Å². The summed E-state index contributed by atoms with van der Waals surface area (Å²) in [4.78, 5) is 12.4. The van der Waals surface area contributed by atoms with E-state index in [-0.39, 0.29) is 5.69 Å². The summed E-state index contributed by atoms with van der Waals surface area (Å²) < 4.78 is 37.1. The highest BCUT2D eigenvalue weighted by Crippen LogP contribution is 2.28. The SMILES string of the molecule is Cc1nc([N+](=O)[O-])c(C(F)F)cc1F. The molecule has 0 N–H and O–H groups in total. The van der Waals surface area contributed by atoms with Crippen molar-refractivity contribution in [2.24, 2.45) is 0 Å². The number of hydrogen-bond donors (Lipinski definition) is 0. The van der Waals surface area contributed by atoms with Gasteiger partial charge in [0, 0.05) is 6.92 Å². The van der Waals surface area contributed by atoms with Crippen molar-refractivity contribution >= 4 is 5.82 Å². The van der Waals surface area contributed by atoms with Crippen LogP contribution in [0.25, 0.3) is 0 Å². The van der Waals surface area contributed by atoms with Gasteiger partial charge in [-0.2, -0.15) is 0 Å². The Morgan fingerprint density at radius 3 is 2.57 bits per heavy atom. The van der Waals surface area contributed by atoms with E-state index in [4.69, 9.17) is 0 Å². The van der Waals surface area contributed by atoms with E-state index in [1.807, 2.05) is 0 Å². The number of alkyl halides is 2. The quantitative estimate of drug-likeness (QED) is 0.551. The maximum absolute atomic E-state index is 12.8. The first kappa shape index (κ1) is 10.4. The Morgan fingerprint density at radius 2 is 2.14 bits per heavy atom. The van der Waals surface area contributed by atoms with E-state index in [2.05, 4.69) is 4.98 Å². The minimum Gasteiger partial charge on any atom is -0.358 e. The molecule has 1 aromatic rings. The minimum absolute atomic E-state index is 0.277. The van der Waals surface area contributed by atoms with Gasteiger partial charge in [0.1, 0.15) is 5.56 Å². The highest BCUT2D eigenvalue weighted by Gasteiger charge is 2.25. The predicted molar refractivity (Wildman–Crippen MR) is 40.5 cm³/mol. The van der Waals surface area contributed by atoms with Crippen molar-refractivity contribution in [1.29, 1.82) is 0 Å². The molecule has 4 nitrogen and oxygen atoms in total. The number of halogens is 3. The largest absolute Gasteiger partial charge is 0.372 e. The van der Waals surface area contributed by atoms with E-state index in [9.17, 15) is 23.3 Å². The normalized spacial score (nSPS) is 10.6. The third-order valence-electron chi connectivity index (χ3n) is 1.57. The number of hydrogen-bond acceptors (Lipinski definition) is 3. The smallest absolute Gasteiger partial charge is 0.358 e. The average molecular weight is 206 g/mol. The topological polar surface area (TPSA) is 56.0 Å². The summed E-state index contributed by atoms with van der Waals surface area (Å²) in [5.41, 5.74) is -1.28. The third kappa shape index (κ3) is 1.81. The monoisotopic (exact) mass is 206 g/mol. The molecule has 0 aromatic carbocycles. The molecule has 1 heterocycles. The predicted octanol–water partition coefficient (Wildman–Crippen LogP) is 2.37. The molecule has 1 aromatic heterocycles.